The van der Waals surface area contributed by atoms with Crippen molar-refractivity contribution in [1.82, 2.24) is 0 Å². The van der Waals surface area contributed by atoms with Gasteiger partial charge in [-0.15, -0.1) is 0 Å². The summed E-state index contributed by atoms with van der Waals surface area (Å²) in [6, 6.07) is 26.5. The molecule has 8 fully saturated rings. The number of carbonyl (C=O) groups excluding carboxylic acids is 5. The van der Waals surface area contributed by atoms with Crippen LogP contribution in [-0.2, 0) is 61.7 Å². The number of fused-ring (bicyclic) bond motifs is 5. The van der Waals surface area contributed by atoms with Crippen molar-refractivity contribution in [1.29, 1.82) is 0 Å². The summed E-state index contributed by atoms with van der Waals surface area (Å²) in [5, 5.41) is 0. The number of hydrogen-bond acceptors (Lipinski definition) is 16. The van der Waals surface area contributed by atoms with E-state index >= 15 is 0 Å². The molecule has 4 aliphatic heterocycles. The Morgan fingerprint density at radius 1 is 0.520 bits per heavy atom. The van der Waals surface area contributed by atoms with Crippen LogP contribution in [0, 0.1) is 99.6 Å². The lowest BCUT2D eigenvalue weighted by molar-refractivity contribution is -0.352. The lowest BCUT2D eigenvalue weighted by atomic mass is 9.44. The minimum atomic E-state index is -1.07. The lowest BCUT2D eigenvalue weighted by Crippen LogP contribution is -2.59. The predicted molar refractivity (Wildman–Crippen MR) is 371 cm³/mol. The molecule has 98 heavy (non-hydrogen) atoms. The normalized spacial score (nSPS) is 41.5. The second-order valence-electron chi connectivity index (χ2n) is 32.3. The van der Waals surface area contributed by atoms with Crippen LogP contribution in [0.3, 0.4) is 0 Å². The summed E-state index contributed by atoms with van der Waals surface area (Å²) in [4.78, 5) is 69.8. The van der Waals surface area contributed by atoms with Crippen molar-refractivity contribution >= 4 is 29.5 Å². The van der Waals surface area contributed by atoms with E-state index < -0.39 is 73.2 Å². The molecule has 4 saturated heterocycles. The smallest absolute Gasteiger partial charge is 0.338 e. The molecule has 3 aromatic carbocycles. The van der Waals surface area contributed by atoms with Crippen LogP contribution < -0.4 is 0 Å². The molecule has 4 aliphatic carbocycles. The molecule has 0 amide bonds. The number of carbonyl (C=O) groups is 5. The molecule has 540 valence electrons. The zero-order valence-electron chi connectivity index (χ0n) is 61.3. The van der Waals surface area contributed by atoms with Crippen LogP contribution in [-0.4, -0.2) is 123 Å². The van der Waals surface area contributed by atoms with E-state index in [4.69, 9.17) is 52.1 Å². The molecule has 4 saturated carbocycles. The Bertz CT molecular complexity index is 3140. The van der Waals surface area contributed by atoms with Crippen LogP contribution in [0.5, 0.6) is 0 Å². The molecule has 8 aliphatic rings. The molecule has 0 N–H and O–H groups in total. The first-order valence-corrected chi connectivity index (χ1v) is 37.8. The third kappa shape index (κ3) is 15.4. The summed E-state index contributed by atoms with van der Waals surface area (Å²) < 4.78 is 73.3. The van der Waals surface area contributed by atoms with Gasteiger partial charge in [0, 0.05) is 48.3 Å². The standard InChI is InChI=1S/C82H116O16/c1-16-66-47(5)46(4)50(8)78(92-66)97-70-48(6)52(10)79(93-67(70)17-2)98-71-49(7)51(9)77(94-68(71)44-88-74(85)56-27-21-18-22-28-56)91-60-37-39-81(14)59(41-60)34-35-61-62(81)38-40-82(15)63(61)42-65(84)69(82)54(12)64(83)36-33-45(3)43-89-80-73(96-76(87)58-31-25-20-26-32-58)72(53(11)55(13)90-80)95-75(86)57-29-23-19-24-30-57/h18-32,45-55,59-63,66-73,77-80H,16-17,33-44H2,1-15H3/t45-,46-,47-,48+,49+,50?,51?,52?,53-,54+,55?,59?,60?,61?,62?,63?,66?,67?,68?,69?,70-,71+,72-,73?,77+,78-,79-,80+,81?,82?/m0/s1. The van der Waals surface area contributed by atoms with Crippen molar-refractivity contribution in [2.24, 2.45) is 99.6 Å². The van der Waals surface area contributed by atoms with Crippen LogP contribution in [0.2, 0.25) is 0 Å². The molecule has 16 unspecified atom stereocenters. The minimum absolute atomic E-state index is 0.00517. The predicted octanol–water partition coefficient (Wildman–Crippen LogP) is 15.8. The fourth-order valence-corrected chi connectivity index (χ4v) is 19.4. The molecule has 3 aromatic rings. The highest BCUT2D eigenvalue weighted by Crippen LogP contribution is 2.68. The van der Waals surface area contributed by atoms with Gasteiger partial charge in [0.15, 0.2) is 31.3 Å². The molecule has 4 heterocycles. The molecule has 0 radical (unpaired) electrons. The number of esters is 3. The Kier molecular flexibility index (Phi) is 24.1. The second-order valence-corrected chi connectivity index (χ2v) is 32.3. The summed E-state index contributed by atoms with van der Waals surface area (Å²) in [6.07, 6.45) is 3.86. The van der Waals surface area contributed by atoms with Gasteiger partial charge in [-0.1, -0.05) is 152 Å². The summed E-state index contributed by atoms with van der Waals surface area (Å²) in [7, 11) is 0. The van der Waals surface area contributed by atoms with Crippen molar-refractivity contribution < 1.29 is 76.1 Å². The number of rotatable bonds is 23. The van der Waals surface area contributed by atoms with Gasteiger partial charge in [0.1, 0.15) is 30.4 Å². The minimum Gasteiger partial charge on any atom is -0.459 e. The quantitative estimate of drug-likeness (QED) is 0.0495. The first-order chi connectivity index (χ1) is 46.8. The van der Waals surface area contributed by atoms with Crippen molar-refractivity contribution in [2.45, 2.75) is 261 Å². The highest BCUT2D eigenvalue weighted by atomic mass is 16.7. The van der Waals surface area contributed by atoms with E-state index in [1.54, 1.807) is 60.7 Å². The van der Waals surface area contributed by atoms with Gasteiger partial charge in [-0.2, -0.15) is 0 Å². The van der Waals surface area contributed by atoms with Gasteiger partial charge in [-0.3, -0.25) is 9.59 Å². The van der Waals surface area contributed by atoms with E-state index in [0.29, 0.717) is 65.5 Å². The number of Topliss-reactive ketones (excluding diaryl/α,β-unsaturated/α-hetero) is 2. The van der Waals surface area contributed by atoms with Gasteiger partial charge >= 0.3 is 17.9 Å². The summed E-state index contributed by atoms with van der Waals surface area (Å²) >= 11 is 0. The maximum absolute atomic E-state index is 14.6. The van der Waals surface area contributed by atoms with Crippen molar-refractivity contribution in [3.05, 3.63) is 108 Å². The highest BCUT2D eigenvalue weighted by molar-refractivity contribution is 5.92. The molecule has 11 rings (SSSR count). The largest absolute Gasteiger partial charge is 0.459 e. The third-order valence-electron chi connectivity index (χ3n) is 26.7. The van der Waals surface area contributed by atoms with E-state index in [-0.39, 0.29) is 120 Å². The van der Waals surface area contributed by atoms with Gasteiger partial charge in [-0.25, -0.2) is 14.4 Å². The van der Waals surface area contributed by atoms with Crippen LogP contribution in [0.1, 0.15) is 212 Å². The molecule has 0 bridgehead atoms. The Balaban J connectivity index is 0.696. The van der Waals surface area contributed by atoms with Crippen molar-refractivity contribution in [3.63, 3.8) is 0 Å². The van der Waals surface area contributed by atoms with Crippen LogP contribution in [0.4, 0.5) is 0 Å². The number of ether oxygens (including phenoxy) is 11. The Labute approximate surface area is 584 Å². The van der Waals surface area contributed by atoms with Crippen molar-refractivity contribution in [3.8, 4) is 0 Å². The van der Waals surface area contributed by atoms with E-state index in [9.17, 15) is 24.0 Å². The fourth-order valence-electron chi connectivity index (χ4n) is 19.4. The van der Waals surface area contributed by atoms with Crippen LogP contribution in [0.15, 0.2) is 91.0 Å². The fraction of sp³-hybridized carbons (Fsp3) is 0.720. The number of hydrogen-bond donors (Lipinski definition) is 0. The average Bonchev–Trinajstić information content (AvgIpc) is 1.43. The second kappa shape index (κ2) is 31.8. The molecular formula is C82H116O16. The first-order valence-electron chi connectivity index (χ1n) is 37.8. The topological polar surface area (TPSA) is 187 Å². The van der Waals surface area contributed by atoms with E-state index in [1.165, 1.54) is 0 Å². The molecule has 16 heteroatoms. The summed E-state index contributed by atoms with van der Waals surface area (Å²) in [5.74, 6) is 0.312. The summed E-state index contributed by atoms with van der Waals surface area (Å²) in [6.45, 7) is 32.9. The van der Waals surface area contributed by atoms with Crippen LogP contribution >= 0.6 is 0 Å². The molecule has 0 aromatic heterocycles. The third-order valence-corrected chi connectivity index (χ3v) is 26.7. The van der Waals surface area contributed by atoms with Crippen LogP contribution in [0.25, 0.3) is 0 Å². The van der Waals surface area contributed by atoms with Gasteiger partial charge < -0.3 is 52.1 Å². The first kappa shape index (κ1) is 74.3. The molecule has 16 nitrogen and oxygen atoms in total. The van der Waals surface area contributed by atoms with Gasteiger partial charge in [0.2, 0.25) is 0 Å². The van der Waals surface area contributed by atoms with Crippen molar-refractivity contribution in [2.75, 3.05) is 13.2 Å². The SMILES string of the molecule is CCC1O[C@@H](O[C@@H]2C(CC)O[C@@H](O[C@H]3C(COC(=O)c4ccccc4)O[C@@H](OC4CCC5(C)C(CCC6C5CCC5(C)C6CC(=O)C5[C@H](C)C(=O)CC[C@H](C)CO[C@@H]5OC(C)[C@H](C)[C@H](OC(=O)c6ccccc6)C5OC(=O)c5ccccc5)C4)C(C)[C@H]3C)C(C)[C@H]2C)C(C)[C@@H](C)[C@@H]1C. The van der Waals surface area contributed by atoms with E-state index in [1.807, 2.05) is 58.0 Å². The monoisotopic (exact) mass is 1360 g/mol. The molecule has 30 atom stereocenters. The maximum atomic E-state index is 14.6. The van der Waals surface area contributed by atoms with Gasteiger partial charge in [-0.05, 0) is 172 Å². The van der Waals surface area contributed by atoms with E-state index in [2.05, 4.69) is 76.2 Å². The highest BCUT2D eigenvalue weighted by Gasteiger charge is 2.64. The molecule has 0 spiro atoms. The summed E-state index contributed by atoms with van der Waals surface area (Å²) in [5.41, 5.74) is 1.02. The zero-order chi connectivity index (χ0) is 70.1. The maximum Gasteiger partial charge on any atom is 0.338 e. The number of benzene rings is 3. The Morgan fingerprint density at radius 3 is 1.63 bits per heavy atom. The van der Waals surface area contributed by atoms with Gasteiger partial charge in [0.05, 0.1) is 59.9 Å². The Hall–Kier alpha value is -4.91. The Morgan fingerprint density at radius 2 is 1.04 bits per heavy atom. The zero-order valence-corrected chi connectivity index (χ0v) is 61.3. The van der Waals surface area contributed by atoms with E-state index in [0.717, 1.165) is 57.8 Å². The lowest BCUT2D eigenvalue weighted by Gasteiger charge is -2.61. The number of ketones is 2. The molecular weight excluding hydrogens is 1240 g/mol. The average molecular weight is 1360 g/mol. The van der Waals surface area contributed by atoms with Gasteiger partial charge in [0.25, 0.3) is 0 Å².